The summed E-state index contributed by atoms with van der Waals surface area (Å²) in [5.74, 6) is -0.0475. The monoisotopic (exact) mass is 224 g/mol. The second-order valence-corrected chi connectivity index (χ2v) is 3.53. The molecule has 3 nitrogen and oxygen atoms in total. The first-order valence-electron chi connectivity index (χ1n) is 4.63. The van der Waals surface area contributed by atoms with Crippen molar-refractivity contribution in [2.24, 2.45) is 0 Å². The van der Waals surface area contributed by atoms with Gasteiger partial charge in [0, 0.05) is 25.2 Å². The topological polar surface area (TPSA) is 42.0 Å². The summed E-state index contributed by atoms with van der Waals surface area (Å²) in [6.45, 7) is 3.95. The van der Waals surface area contributed by atoms with Gasteiger partial charge in [0.25, 0.3) is 0 Å². The molecule has 0 aliphatic carbocycles. The molecular weight excluding hydrogens is 212 g/mol. The van der Waals surface area contributed by atoms with Gasteiger partial charge in [-0.1, -0.05) is 23.8 Å². The molecule has 15 heavy (non-hydrogen) atoms. The fraction of sp³-hybridized carbons (Fsp3) is 0.273. The summed E-state index contributed by atoms with van der Waals surface area (Å²) in [6, 6.07) is 1.89. The van der Waals surface area contributed by atoms with Crippen LogP contribution in [0, 0.1) is 6.92 Å². The first kappa shape index (κ1) is 11.7. The fourth-order valence-electron chi connectivity index (χ4n) is 1.12. The standard InChI is InChI=1S/C11H13ClN2O/c1-8-5-7-14-11(12)10(8)4-3-6-13-9(2)15/h3-5,7H,6H2,1-2H3,(H,13,15). The first-order chi connectivity index (χ1) is 7.11. The Morgan fingerprint density at radius 3 is 3.00 bits per heavy atom. The van der Waals surface area contributed by atoms with Gasteiger partial charge in [-0.3, -0.25) is 4.79 Å². The highest BCUT2D eigenvalue weighted by atomic mass is 35.5. The summed E-state index contributed by atoms with van der Waals surface area (Å²) < 4.78 is 0. The molecule has 0 saturated heterocycles. The molecule has 0 radical (unpaired) electrons. The molecule has 1 aromatic heterocycles. The van der Waals surface area contributed by atoms with E-state index >= 15 is 0 Å². The third-order valence-electron chi connectivity index (χ3n) is 1.91. The largest absolute Gasteiger partial charge is 0.353 e. The molecule has 1 rings (SSSR count). The number of hydrogen-bond donors (Lipinski definition) is 1. The highest BCUT2D eigenvalue weighted by Gasteiger charge is 1.99. The molecule has 0 bridgehead atoms. The van der Waals surface area contributed by atoms with Crippen LogP contribution in [0.25, 0.3) is 6.08 Å². The maximum absolute atomic E-state index is 10.6. The molecule has 1 N–H and O–H groups in total. The van der Waals surface area contributed by atoms with Crippen molar-refractivity contribution in [1.29, 1.82) is 0 Å². The average molecular weight is 225 g/mol. The van der Waals surface area contributed by atoms with Crippen molar-refractivity contribution in [2.75, 3.05) is 6.54 Å². The molecular formula is C11H13ClN2O. The number of nitrogens with zero attached hydrogens (tertiary/aromatic N) is 1. The van der Waals surface area contributed by atoms with E-state index in [2.05, 4.69) is 10.3 Å². The zero-order valence-electron chi connectivity index (χ0n) is 8.75. The Hall–Kier alpha value is -1.35. The second-order valence-electron chi connectivity index (χ2n) is 3.17. The van der Waals surface area contributed by atoms with Crippen molar-refractivity contribution in [3.05, 3.63) is 34.6 Å². The van der Waals surface area contributed by atoms with Gasteiger partial charge in [-0.05, 0) is 18.6 Å². The van der Waals surface area contributed by atoms with Crippen LogP contribution in [0.3, 0.4) is 0 Å². The molecule has 0 fully saturated rings. The minimum Gasteiger partial charge on any atom is -0.353 e. The smallest absolute Gasteiger partial charge is 0.217 e. The van der Waals surface area contributed by atoms with Crippen LogP contribution < -0.4 is 5.32 Å². The normalized spacial score (nSPS) is 10.6. The molecule has 0 aliphatic rings. The summed E-state index contributed by atoms with van der Waals surface area (Å²) in [5.41, 5.74) is 1.96. The van der Waals surface area contributed by atoms with Gasteiger partial charge in [-0.15, -0.1) is 0 Å². The molecule has 0 aromatic carbocycles. The highest BCUT2D eigenvalue weighted by molar-refractivity contribution is 6.30. The van der Waals surface area contributed by atoms with E-state index in [0.29, 0.717) is 11.7 Å². The van der Waals surface area contributed by atoms with Crippen LogP contribution in [0.2, 0.25) is 5.15 Å². The molecule has 0 spiro atoms. The van der Waals surface area contributed by atoms with Crippen LogP contribution in [0.1, 0.15) is 18.1 Å². The first-order valence-corrected chi connectivity index (χ1v) is 5.01. The fourth-order valence-corrected chi connectivity index (χ4v) is 1.38. The van der Waals surface area contributed by atoms with Gasteiger partial charge in [0.2, 0.25) is 5.91 Å². The number of carbonyl (C=O) groups is 1. The summed E-state index contributed by atoms with van der Waals surface area (Å²) in [4.78, 5) is 14.6. The zero-order valence-corrected chi connectivity index (χ0v) is 9.51. The van der Waals surface area contributed by atoms with Gasteiger partial charge < -0.3 is 5.32 Å². The van der Waals surface area contributed by atoms with E-state index in [0.717, 1.165) is 11.1 Å². The van der Waals surface area contributed by atoms with E-state index in [1.807, 2.05) is 25.1 Å². The second kappa shape index (κ2) is 5.51. The highest BCUT2D eigenvalue weighted by Crippen LogP contribution is 2.17. The maximum Gasteiger partial charge on any atom is 0.217 e. The van der Waals surface area contributed by atoms with Crippen molar-refractivity contribution >= 4 is 23.6 Å². The summed E-state index contributed by atoms with van der Waals surface area (Å²) in [7, 11) is 0. The number of rotatable bonds is 3. The van der Waals surface area contributed by atoms with Crippen molar-refractivity contribution in [3.8, 4) is 0 Å². The van der Waals surface area contributed by atoms with Crippen LogP contribution in [0.15, 0.2) is 18.3 Å². The molecule has 0 unspecified atom stereocenters. The minimum absolute atomic E-state index is 0.0475. The van der Waals surface area contributed by atoms with Crippen LogP contribution in [0.5, 0.6) is 0 Å². The lowest BCUT2D eigenvalue weighted by atomic mass is 10.1. The van der Waals surface area contributed by atoms with Crippen LogP contribution >= 0.6 is 11.6 Å². The third kappa shape index (κ3) is 3.72. The van der Waals surface area contributed by atoms with Crippen LogP contribution in [0.4, 0.5) is 0 Å². The molecule has 4 heteroatoms. The molecule has 0 saturated carbocycles. The maximum atomic E-state index is 10.6. The Bertz CT molecular complexity index is 368. The number of pyridine rings is 1. The van der Waals surface area contributed by atoms with Gasteiger partial charge in [0.15, 0.2) is 0 Å². The van der Waals surface area contributed by atoms with E-state index in [9.17, 15) is 4.79 Å². The van der Waals surface area contributed by atoms with E-state index in [1.54, 1.807) is 6.20 Å². The molecule has 1 aromatic rings. The van der Waals surface area contributed by atoms with Crippen molar-refractivity contribution in [3.63, 3.8) is 0 Å². The lowest BCUT2D eigenvalue weighted by Crippen LogP contribution is -2.19. The molecule has 1 amide bonds. The predicted molar refractivity (Wildman–Crippen MR) is 61.7 cm³/mol. The zero-order chi connectivity index (χ0) is 11.3. The predicted octanol–water partition coefficient (Wildman–Crippen LogP) is 2.19. The lowest BCUT2D eigenvalue weighted by molar-refractivity contribution is -0.118. The summed E-state index contributed by atoms with van der Waals surface area (Å²) in [5, 5.41) is 3.15. The molecule has 1 heterocycles. The number of hydrogen-bond acceptors (Lipinski definition) is 2. The van der Waals surface area contributed by atoms with Gasteiger partial charge >= 0.3 is 0 Å². The number of aryl methyl sites for hydroxylation is 1. The summed E-state index contributed by atoms with van der Waals surface area (Å²) >= 11 is 5.92. The third-order valence-corrected chi connectivity index (χ3v) is 2.21. The van der Waals surface area contributed by atoms with E-state index in [4.69, 9.17) is 11.6 Å². The number of carbonyl (C=O) groups excluding carboxylic acids is 1. The van der Waals surface area contributed by atoms with E-state index in [-0.39, 0.29) is 5.91 Å². The molecule has 0 aliphatic heterocycles. The number of amides is 1. The number of nitrogens with one attached hydrogen (secondary N) is 1. The Kier molecular flexibility index (Phi) is 4.31. The average Bonchev–Trinajstić information content (AvgIpc) is 2.15. The Balaban J connectivity index is 2.67. The van der Waals surface area contributed by atoms with Gasteiger partial charge in [-0.25, -0.2) is 4.98 Å². The number of halogens is 1. The van der Waals surface area contributed by atoms with E-state index < -0.39 is 0 Å². The van der Waals surface area contributed by atoms with Gasteiger partial charge in [-0.2, -0.15) is 0 Å². The van der Waals surface area contributed by atoms with Crippen molar-refractivity contribution in [2.45, 2.75) is 13.8 Å². The Morgan fingerprint density at radius 1 is 1.67 bits per heavy atom. The van der Waals surface area contributed by atoms with Crippen LogP contribution in [-0.2, 0) is 4.79 Å². The van der Waals surface area contributed by atoms with Gasteiger partial charge in [0.1, 0.15) is 5.15 Å². The Morgan fingerprint density at radius 2 is 2.40 bits per heavy atom. The SMILES string of the molecule is CC(=O)NCC=Cc1c(C)ccnc1Cl. The Labute approximate surface area is 94.2 Å². The minimum atomic E-state index is -0.0475. The lowest BCUT2D eigenvalue weighted by Gasteiger charge is -2.01. The van der Waals surface area contributed by atoms with Crippen LogP contribution in [-0.4, -0.2) is 17.4 Å². The quantitative estimate of drug-likeness (QED) is 0.800. The van der Waals surface area contributed by atoms with Crippen molar-refractivity contribution < 1.29 is 4.79 Å². The van der Waals surface area contributed by atoms with Crippen molar-refractivity contribution in [1.82, 2.24) is 10.3 Å². The van der Waals surface area contributed by atoms with E-state index in [1.165, 1.54) is 6.92 Å². The summed E-state index contributed by atoms with van der Waals surface area (Å²) in [6.07, 6.45) is 5.38. The molecule has 0 atom stereocenters. The van der Waals surface area contributed by atoms with Gasteiger partial charge in [0.05, 0.1) is 0 Å². The molecule has 80 valence electrons. The number of aromatic nitrogens is 1.